The molecule has 1 atom stereocenters. The van der Waals surface area contributed by atoms with Crippen LogP contribution in [0.25, 0.3) is 0 Å². The summed E-state index contributed by atoms with van der Waals surface area (Å²) in [5.41, 5.74) is 3.56. The van der Waals surface area contributed by atoms with Crippen LogP contribution in [0.4, 0.5) is 0 Å². The Morgan fingerprint density at radius 1 is 1.35 bits per heavy atom. The number of hydrogen-bond acceptors (Lipinski definition) is 5. The highest BCUT2D eigenvalue weighted by Gasteiger charge is 2.23. The van der Waals surface area contributed by atoms with E-state index in [0.717, 1.165) is 5.56 Å². The van der Waals surface area contributed by atoms with Gasteiger partial charge in [0.05, 0.1) is 25.5 Å². The summed E-state index contributed by atoms with van der Waals surface area (Å²) < 4.78 is 10.8. The van der Waals surface area contributed by atoms with E-state index in [2.05, 4.69) is 30.2 Å². The lowest BCUT2D eigenvalue weighted by atomic mass is 9.98. The van der Waals surface area contributed by atoms with Crippen LogP contribution < -0.4 is 5.32 Å². The van der Waals surface area contributed by atoms with Gasteiger partial charge in [0, 0.05) is 0 Å². The Labute approximate surface area is 139 Å². The quantitative estimate of drug-likeness (QED) is 0.933. The Morgan fingerprint density at radius 2 is 2.09 bits per heavy atom. The predicted octanol–water partition coefficient (Wildman–Crippen LogP) is 3.30. The third-order valence-corrected chi connectivity index (χ3v) is 5.05. The fourth-order valence-corrected chi connectivity index (χ4v) is 3.41. The molecule has 122 valence electrons. The molecule has 1 saturated heterocycles. The fourth-order valence-electron chi connectivity index (χ4n) is 2.59. The molecule has 0 radical (unpaired) electrons. The number of ether oxygens (including phenoxy) is 2. The van der Waals surface area contributed by atoms with Gasteiger partial charge in [-0.2, -0.15) is 0 Å². The van der Waals surface area contributed by atoms with Gasteiger partial charge in [-0.15, -0.1) is 11.3 Å². The van der Waals surface area contributed by atoms with Crippen molar-refractivity contribution in [3.8, 4) is 0 Å². The number of carbonyl (C=O) groups is 1. The first-order chi connectivity index (χ1) is 11.1. The van der Waals surface area contributed by atoms with Crippen molar-refractivity contribution in [3.63, 3.8) is 0 Å². The molecule has 1 amide bonds. The van der Waals surface area contributed by atoms with E-state index in [-0.39, 0.29) is 11.9 Å². The molecule has 0 aliphatic carbocycles. The average Bonchev–Trinajstić information content (AvgIpc) is 3.20. The second kappa shape index (κ2) is 6.78. The van der Waals surface area contributed by atoms with E-state index in [9.17, 15) is 4.79 Å². The molecule has 1 aromatic carbocycles. The van der Waals surface area contributed by atoms with Crippen molar-refractivity contribution in [3.05, 3.63) is 51.0 Å². The lowest BCUT2D eigenvalue weighted by Gasteiger charge is -2.17. The number of thiazole rings is 1. The first-order valence-corrected chi connectivity index (χ1v) is 8.44. The summed E-state index contributed by atoms with van der Waals surface area (Å²) in [4.78, 5) is 17.2. The number of hydrogen-bond donors (Lipinski definition) is 1. The van der Waals surface area contributed by atoms with Gasteiger partial charge in [-0.05, 0) is 37.5 Å². The minimum absolute atomic E-state index is 0.0630. The summed E-state index contributed by atoms with van der Waals surface area (Å²) in [6, 6.07) is 6.07. The maximum atomic E-state index is 12.4. The van der Waals surface area contributed by atoms with Crippen LogP contribution in [0.1, 0.15) is 50.6 Å². The van der Waals surface area contributed by atoms with Gasteiger partial charge >= 0.3 is 0 Å². The molecular formula is C17H20N2O3S. The highest BCUT2D eigenvalue weighted by Crippen LogP contribution is 2.28. The van der Waals surface area contributed by atoms with Crippen LogP contribution in [0.5, 0.6) is 0 Å². The summed E-state index contributed by atoms with van der Waals surface area (Å²) >= 11 is 1.31. The number of rotatable bonds is 4. The minimum Gasteiger partial charge on any atom is -0.345 e. The van der Waals surface area contributed by atoms with Crippen molar-refractivity contribution in [2.75, 3.05) is 13.2 Å². The average molecular weight is 332 g/mol. The highest BCUT2D eigenvalue weighted by molar-refractivity contribution is 7.13. The maximum Gasteiger partial charge on any atom is 0.263 e. The zero-order chi connectivity index (χ0) is 16.4. The van der Waals surface area contributed by atoms with E-state index in [4.69, 9.17) is 9.47 Å². The molecule has 0 unspecified atom stereocenters. The summed E-state index contributed by atoms with van der Waals surface area (Å²) in [6.07, 6.45) is 1.15. The van der Waals surface area contributed by atoms with Crippen LogP contribution in [0.3, 0.4) is 0 Å². The molecule has 0 bridgehead atoms. The molecule has 1 aromatic heterocycles. The summed E-state index contributed by atoms with van der Waals surface area (Å²) in [5.74, 6) is -0.125. The van der Waals surface area contributed by atoms with Crippen molar-refractivity contribution in [1.29, 1.82) is 0 Å². The lowest BCUT2D eigenvalue weighted by molar-refractivity contribution is -0.0442. The molecule has 1 aliphatic heterocycles. The lowest BCUT2D eigenvalue weighted by Crippen LogP contribution is -2.26. The molecule has 2 aromatic rings. The smallest absolute Gasteiger partial charge is 0.263 e. The van der Waals surface area contributed by atoms with Crippen LogP contribution in [0, 0.1) is 13.8 Å². The molecule has 0 spiro atoms. The van der Waals surface area contributed by atoms with Gasteiger partial charge < -0.3 is 14.8 Å². The Balaban J connectivity index is 1.70. The Bertz CT molecular complexity index is 708. The van der Waals surface area contributed by atoms with Gasteiger partial charge in [0.25, 0.3) is 5.91 Å². The molecule has 0 saturated carbocycles. The molecule has 23 heavy (non-hydrogen) atoms. The molecular weight excluding hydrogens is 312 g/mol. The summed E-state index contributed by atoms with van der Waals surface area (Å²) in [5, 5.41) is 3.72. The van der Waals surface area contributed by atoms with Gasteiger partial charge in [0.1, 0.15) is 9.88 Å². The number of amides is 1. The van der Waals surface area contributed by atoms with Crippen molar-refractivity contribution in [1.82, 2.24) is 10.3 Å². The largest absolute Gasteiger partial charge is 0.345 e. The first-order valence-electron chi connectivity index (χ1n) is 7.62. The topological polar surface area (TPSA) is 60.5 Å². The monoisotopic (exact) mass is 332 g/mol. The van der Waals surface area contributed by atoms with E-state index in [1.165, 1.54) is 22.5 Å². The summed E-state index contributed by atoms with van der Waals surface area (Å²) in [6.45, 7) is 7.27. The SMILES string of the molecule is Cc1cccc([C@@H](C)NC(=O)c2cnc(C3OCCO3)s2)c1C. The molecule has 2 heterocycles. The Kier molecular flexibility index (Phi) is 4.75. The van der Waals surface area contributed by atoms with E-state index >= 15 is 0 Å². The first kappa shape index (κ1) is 16.1. The number of nitrogens with zero attached hydrogens (tertiary/aromatic N) is 1. The van der Waals surface area contributed by atoms with Crippen molar-refractivity contribution in [2.45, 2.75) is 33.1 Å². The standard InChI is InChI=1S/C17H20N2O3S/c1-10-5-4-6-13(11(10)2)12(3)19-15(20)14-9-18-16(23-14)17-21-7-8-22-17/h4-6,9,12,17H,7-8H2,1-3H3,(H,19,20)/t12-/m1/s1. The maximum absolute atomic E-state index is 12.4. The van der Waals surface area contributed by atoms with Crippen molar-refractivity contribution >= 4 is 17.2 Å². The van der Waals surface area contributed by atoms with Gasteiger partial charge in [0.2, 0.25) is 6.29 Å². The van der Waals surface area contributed by atoms with Gasteiger partial charge in [0.15, 0.2) is 0 Å². The zero-order valence-corrected chi connectivity index (χ0v) is 14.3. The zero-order valence-electron chi connectivity index (χ0n) is 13.5. The van der Waals surface area contributed by atoms with Gasteiger partial charge in [-0.25, -0.2) is 4.98 Å². The van der Waals surface area contributed by atoms with Crippen LogP contribution in [0.2, 0.25) is 0 Å². The number of nitrogens with one attached hydrogen (secondary N) is 1. The number of aromatic nitrogens is 1. The number of aryl methyl sites for hydroxylation is 1. The van der Waals surface area contributed by atoms with Crippen LogP contribution in [-0.2, 0) is 9.47 Å². The summed E-state index contributed by atoms with van der Waals surface area (Å²) in [7, 11) is 0. The van der Waals surface area contributed by atoms with Gasteiger partial charge in [-0.1, -0.05) is 18.2 Å². The Hall–Kier alpha value is -1.76. The third-order valence-electron chi connectivity index (χ3n) is 4.03. The van der Waals surface area contributed by atoms with Crippen molar-refractivity contribution < 1.29 is 14.3 Å². The molecule has 6 heteroatoms. The van der Waals surface area contributed by atoms with Crippen LogP contribution >= 0.6 is 11.3 Å². The van der Waals surface area contributed by atoms with E-state index in [1.54, 1.807) is 6.20 Å². The normalized spacial score (nSPS) is 16.5. The van der Waals surface area contributed by atoms with E-state index < -0.39 is 6.29 Å². The molecule has 1 fully saturated rings. The molecule has 1 N–H and O–H groups in total. The van der Waals surface area contributed by atoms with Crippen LogP contribution in [0.15, 0.2) is 24.4 Å². The second-order valence-electron chi connectivity index (χ2n) is 5.62. The van der Waals surface area contributed by atoms with Crippen LogP contribution in [-0.4, -0.2) is 24.1 Å². The predicted molar refractivity (Wildman–Crippen MR) is 88.6 cm³/mol. The van der Waals surface area contributed by atoms with E-state index in [1.807, 2.05) is 19.1 Å². The Morgan fingerprint density at radius 3 is 2.83 bits per heavy atom. The number of carbonyl (C=O) groups excluding carboxylic acids is 1. The van der Waals surface area contributed by atoms with Crippen molar-refractivity contribution in [2.24, 2.45) is 0 Å². The van der Waals surface area contributed by atoms with Gasteiger partial charge in [-0.3, -0.25) is 4.79 Å². The molecule has 5 nitrogen and oxygen atoms in total. The van der Waals surface area contributed by atoms with E-state index in [0.29, 0.717) is 23.1 Å². The molecule has 1 aliphatic rings. The second-order valence-corrected chi connectivity index (χ2v) is 6.68. The minimum atomic E-state index is -0.432. The molecule has 3 rings (SSSR count). The number of benzene rings is 1. The third kappa shape index (κ3) is 3.44. The highest BCUT2D eigenvalue weighted by atomic mass is 32.1. The fraction of sp³-hybridized carbons (Fsp3) is 0.412.